The fourth-order valence-electron chi connectivity index (χ4n) is 1.57. The number of carbonyl (C=O) groups is 1. The van der Waals surface area contributed by atoms with E-state index in [2.05, 4.69) is 42.0 Å². The Morgan fingerprint density at radius 2 is 2.22 bits per heavy atom. The zero-order valence-corrected chi connectivity index (χ0v) is 13.5. The Kier molecular flexibility index (Phi) is 5.41. The molecule has 2 aromatic rings. The Morgan fingerprint density at radius 3 is 2.91 bits per heavy atom. The zero-order chi connectivity index (χ0) is 16.8. The molecule has 1 unspecified atom stereocenters. The van der Waals surface area contributed by atoms with E-state index in [9.17, 15) is 14.4 Å². The molecular formula is C13H13BrN6O3. The van der Waals surface area contributed by atoms with Crippen molar-refractivity contribution in [2.45, 2.75) is 13.0 Å². The molecule has 1 heterocycles. The minimum Gasteiger partial charge on any atom is -0.353 e. The smallest absolute Gasteiger partial charge is 0.342 e. The van der Waals surface area contributed by atoms with Gasteiger partial charge in [0.1, 0.15) is 6.04 Å². The van der Waals surface area contributed by atoms with Gasteiger partial charge in [-0.1, -0.05) is 28.1 Å². The first kappa shape index (κ1) is 16.6. The maximum absolute atomic E-state index is 11.9. The number of amides is 1. The van der Waals surface area contributed by atoms with Crippen molar-refractivity contribution in [2.24, 2.45) is 5.10 Å². The zero-order valence-electron chi connectivity index (χ0n) is 12.0. The molecule has 120 valence electrons. The standard InChI is InChI=1S/C13H13BrN6O3/c1-7(16-10-12(22)17-13(23)20-18-10)11(21)19-15-6-8-3-2-4-9(14)5-8/h2-7H,1H3,(H,16,18)(H,19,21)(H2,17,20,22,23). The van der Waals surface area contributed by atoms with E-state index < -0.39 is 23.2 Å². The summed E-state index contributed by atoms with van der Waals surface area (Å²) in [7, 11) is 0. The number of halogens is 1. The lowest BCUT2D eigenvalue weighted by Gasteiger charge is -2.11. The lowest BCUT2D eigenvalue weighted by Crippen LogP contribution is -2.38. The number of benzene rings is 1. The molecule has 0 bridgehead atoms. The number of carbonyl (C=O) groups excluding carboxylic acids is 1. The van der Waals surface area contributed by atoms with Crippen molar-refractivity contribution in [2.75, 3.05) is 5.32 Å². The van der Waals surface area contributed by atoms with Crippen molar-refractivity contribution in [1.82, 2.24) is 20.6 Å². The molecule has 0 radical (unpaired) electrons. The molecule has 0 aliphatic heterocycles. The molecule has 0 saturated heterocycles. The van der Waals surface area contributed by atoms with Crippen molar-refractivity contribution in [1.29, 1.82) is 0 Å². The van der Waals surface area contributed by atoms with E-state index in [1.165, 1.54) is 13.1 Å². The van der Waals surface area contributed by atoms with Gasteiger partial charge in [-0.25, -0.2) is 15.3 Å². The van der Waals surface area contributed by atoms with Gasteiger partial charge < -0.3 is 5.32 Å². The highest BCUT2D eigenvalue weighted by atomic mass is 79.9. The molecule has 1 amide bonds. The number of hydrogen-bond acceptors (Lipinski definition) is 6. The molecule has 0 spiro atoms. The van der Waals surface area contributed by atoms with Crippen LogP contribution in [0.25, 0.3) is 0 Å². The summed E-state index contributed by atoms with van der Waals surface area (Å²) in [5.74, 6) is -0.633. The third-order valence-corrected chi connectivity index (χ3v) is 3.19. The Labute approximate surface area is 138 Å². The van der Waals surface area contributed by atoms with Gasteiger partial charge in [-0.15, -0.1) is 5.10 Å². The summed E-state index contributed by atoms with van der Waals surface area (Å²) in [6.45, 7) is 1.52. The van der Waals surface area contributed by atoms with Gasteiger partial charge in [-0.2, -0.15) is 5.10 Å². The summed E-state index contributed by atoms with van der Waals surface area (Å²) >= 11 is 3.33. The molecule has 1 atom stereocenters. The highest BCUT2D eigenvalue weighted by Gasteiger charge is 2.14. The van der Waals surface area contributed by atoms with Crippen molar-refractivity contribution in [3.05, 3.63) is 55.1 Å². The molecule has 0 aliphatic rings. The Morgan fingerprint density at radius 1 is 1.43 bits per heavy atom. The molecule has 23 heavy (non-hydrogen) atoms. The Bertz CT molecular complexity index is 844. The van der Waals surface area contributed by atoms with Gasteiger partial charge in [0.25, 0.3) is 11.5 Å². The van der Waals surface area contributed by atoms with Crippen LogP contribution in [0.1, 0.15) is 12.5 Å². The van der Waals surface area contributed by atoms with Crippen LogP contribution in [-0.2, 0) is 4.79 Å². The molecular weight excluding hydrogens is 368 g/mol. The van der Waals surface area contributed by atoms with Crippen molar-refractivity contribution in [3.8, 4) is 0 Å². The predicted molar refractivity (Wildman–Crippen MR) is 88.4 cm³/mol. The number of nitrogens with one attached hydrogen (secondary N) is 4. The number of rotatable bonds is 5. The first-order valence-electron chi connectivity index (χ1n) is 6.50. The first-order valence-corrected chi connectivity index (χ1v) is 7.29. The lowest BCUT2D eigenvalue weighted by atomic mass is 10.2. The third-order valence-electron chi connectivity index (χ3n) is 2.69. The summed E-state index contributed by atoms with van der Waals surface area (Å²) < 4.78 is 0.895. The molecule has 2 rings (SSSR count). The van der Waals surface area contributed by atoms with E-state index in [4.69, 9.17) is 0 Å². The highest BCUT2D eigenvalue weighted by molar-refractivity contribution is 9.10. The first-order chi connectivity index (χ1) is 11.0. The van der Waals surface area contributed by atoms with Gasteiger partial charge in [-0.05, 0) is 24.6 Å². The Balaban J connectivity index is 1.95. The largest absolute Gasteiger partial charge is 0.353 e. The van der Waals surface area contributed by atoms with Crippen molar-refractivity contribution in [3.63, 3.8) is 0 Å². The summed E-state index contributed by atoms with van der Waals surface area (Å²) in [5, 5.41) is 12.0. The van der Waals surface area contributed by atoms with Crippen LogP contribution >= 0.6 is 15.9 Å². The molecule has 1 aromatic carbocycles. The van der Waals surface area contributed by atoms with Crippen LogP contribution in [0.3, 0.4) is 0 Å². The summed E-state index contributed by atoms with van der Waals surface area (Å²) in [4.78, 5) is 36.2. The number of nitrogens with zero attached hydrogens (tertiary/aromatic N) is 2. The number of aromatic nitrogens is 3. The molecule has 0 aliphatic carbocycles. The number of anilines is 1. The summed E-state index contributed by atoms with van der Waals surface area (Å²) in [5.41, 5.74) is 1.70. The maximum Gasteiger partial charge on any atom is 0.342 e. The number of hydrazone groups is 1. The van der Waals surface area contributed by atoms with E-state index >= 15 is 0 Å². The fraction of sp³-hybridized carbons (Fsp3) is 0.154. The van der Waals surface area contributed by atoms with Gasteiger partial charge >= 0.3 is 5.69 Å². The minimum atomic E-state index is -0.783. The van der Waals surface area contributed by atoms with Gasteiger partial charge in [0, 0.05) is 4.47 Å². The van der Waals surface area contributed by atoms with Crippen LogP contribution in [0, 0.1) is 0 Å². The quantitative estimate of drug-likeness (QED) is 0.433. The SMILES string of the molecule is CC(Nc1n[nH]c(=O)[nH]c1=O)C(=O)NN=Cc1cccc(Br)c1. The topological polar surface area (TPSA) is 132 Å². The number of aromatic amines is 2. The van der Waals surface area contributed by atoms with E-state index in [1.54, 1.807) is 0 Å². The molecule has 0 fully saturated rings. The number of H-pyrrole nitrogens is 2. The summed E-state index contributed by atoms with van der Waals surface area (Å²) in [6.07, 6.45) is 1.49. The van der Waals surface area contributed by atoms with Crippen LogP contribution in [0.5, 0.6) is 0 Å². The highest BCUT2D eigenvalue weighted by Crippen LogP contribution is 2.09. The van der Waals surface area contributed by atoms with Crippen molar-refractivity contribution < 1.29 is 4.79 Å². The lowest BCUT2D eigenvalue weighted by molar-refractivity contribution is -0.121. The third kappa shape index (κ3) is 4.88. The molecule has 4 N–H and O–H groups in total. The van der Waals surface area contributed by atoms with E-state index in [0.29, 0.717) is 0 Å². The second-order valence-electron chi connectivity index (χ2n) is 4.51. The fourth-order valence-corrected chi connectivity index (χ4v) is 1.99. The monoisotopic (exact) mass is 380 g/mol. The normalized spacial score (nSPS) is 12.1. The van der Waals surface area contributed by atoms with Crippen LogP contribution in [0.15, 0.2) is 43.4 Å². The minimum absolute atomic E-state index is 0.164. The van der Waals surface area contributed by atoms with E-state index in [1.807, 2.05) is 29.2 Å². The average Bonchev–Trinajstić information content (AvgIpc) is 2.50. The van der Waals surface area contributed by atoms with Gasteiger partial charge in [0.2, 0.25) is 5.82 Å². The molecule has 1 aromatic heterocycles. The predicted octanol–water partition coefficient (Wildman–Crippen LogP) is 0.171. The van der Waals surface area contributed by atoms with Crippen molar-refractivity contribution >= 4 is 33.9 Å². The van der Waals surface area contributed by atoms with Crippen LogP contribution < -0.4 is 22.0 Å². The van der Waals surface area contributed by atoms with Gasteiger partial charge in [0.05, 0.1) is 6.21 Å². The molecule has 0 saturated carbocycles. The molecule has 10 heteroatoms. The summed E-state index contributed by atoms with van der Waals surface area (Å²) in [6, 6.07) is 6.59. The van der Waals surface area contributed by atoms with E-state index in [-0.39, 0.29) is 5.82 Å². The maximum atomic E-state index is 11.9. The average molecular weight is 381 g/mol. The van der Waals surface area contributed by atoms with E-state index in [0.717, 1.165) is 10.0 Å². The second kappa shape index (κ2) is 7.49. The van der Waals surface area contributed by atoms with Gasteiger partial charge in [-0.3, -0.25) is 14.6 Å². The van der Waals surface area contributed by atoms with Gasteiger partial charge in [0.15, 0.2) is 0 Å². The molecule has 9 nitrogen and oxygen atoms in total. The number of hydrogen-bond donors (Lipinski definition) is 4. The van der Waals surface area contributed by atoms with Crippen LogP contribution in [0.4, 0.5) is 5.82 Å². The Hall–Kier alpha value is -2.75. The second-order valence-corrected chi connectivity index (χ2v) is 5.43. The van der Waals surface area contributed by atoms with Crippen LogP contribution in [-0.4, -0.2) is 33.3 Å². The van der Waals surface area contributed by atoms with Crippen LogP contribution in [0.2, 0.25) is 0 Å².